The molecule has 1 amide bonds. The van der Waals surface area contributed by atoms with E-state index in [9.17, 15) is 4.79 Å². The second-order valence-electron chi connectivity index (χ2n) is 5.73. The zero-order valence-electron chi connectivity index (χ0n) is 14.5. The van der Waals surface area contributed by atoms with Gasteiger partial charge < -0.3 is 20.7 Å². The van der Waals surface area contributed by atoms with Gasteiger partial charge >= 0.3 is 0 Å². The summed E-state index contributed by atoms with van der Waals surface area (Å²) in [6, 6.07) is 6.12. The van der Waals surface area contributed by atoms with Gasteiger partial charge in [0.2, 0.25) is 5.91 Å². The molecular weight excluding hydrogens is 419 g/mol. The highest BCUT2D eigenvalue weighted by Crippen LogP contribution is 2.28. The smallest absolute Gasteiger partial charge is 0.223 e. The minimum Gasteiger partial charge on any atom is -0.496 e. The van der Waals surface area contributed by atoms with Crippen molar-refractivity contribution in [3.8, 4) is 5.75 Å². The summed E-state index contributed by atoms with van der Waals surface area (Å²) in [7, 11) is 3.40. The summed E-state index contributed by atoms with van der Waals surface area (Å²) < 4.78 is 5.40. The van der Waals surface area contributed by atoms with Gasteiger partial charge in [0.05, 0.1) is 7.11 Å². The number of aryl methyl sites for hydroxylation is 1. The van der Waals surface area contributed by atoms with E-state index in [0.29, 0.717) is 25.6 Å². The predicted octanol–water partition coefficient (Wildman–Crippen LogP) is 1.81. The molecule has 7 heteroatoms. The number of guanidine groups is 1. The molecule has 24 heavy (non-hydrogen) atoms. The highest BCUT2D eigenvalue weighted by molar-refractivity contribution is 14.0. The fraction of sp³-hybridized carbons (Fsp3) is 0.529. The predicted molar refractivity (Wildman–Crippen MR) is 107 cm³/mol. The summed E-state index contributed by atoms with van der Waals surface area (Å²) in [5.74, 6) is 1.98. The molecule has 0 unspecified atom stereocenters. The fourth-order valence-corrected chi connectivity index (χ4v) is 2.25. The van der Waals surface area contributed by atoms with Crippen LogP contribution in [0.2, 0.25) is 0 Å². The molecular formula is C17H27IN4O2. The first-order chi connectivity index (χ1) is 11.1. The second kappa shape index (κ2) is 10.4. The molecule has 1 aromatic rings. The summed E-state index contributed by atoms with van der Waals surface area (Å²) in [6.07, 6.45) is 2.06. The SMILES string of the molecule is CN=C(NCCNC(=O)C1CC1)NCc1ccc(C)cc1OC.I. The number of hydrogen-bond acceptors (Lipinski definition) is 3. The number of nitrogens with one attached hydrogen (secondary N) is 3. The molecule has 1 aromatic carbocycles. The summed E-state index contributed by atoms with van der Waals surface area (Å²) in [6.45, 7) is 3.90. The van der Waals surface area contributed by atoms with Crippen LogP contribution in [0.15, 0.2) is 23.2 Å². The number of carbonyl (C=O) groups is 1. The van der Waals surface area contributed by atoms with Crippen molar-refractivity contribution < 1.29 is 9.53 Å². The molecule has 0 spiro atoms. The number of benzene rings is 1. The van der Waals surface area contributed by atoms with Gasteiger partial charge in [-0.15, -0.1) is 24.0 Å². The van der Waals surface area contributed by atoms with Gasteiger partial charge in [0.15, 0.2) is 5.96 Å². The Hall–Kier alpha value is -1.51. The minimum absolute atomic E-state index is 0. The van der Waals surface area contributed by atoms with E-state index in [1.54, 1.807) is 14.2 Å². The number of carbonyl (C=O) groups excluding carboxylic acids is 1. The average molecular weight is 446 g/mol. The molecule has 2 rings (SSSR count). The van der Waals surface area contributed by atoms with Gasteiger partial charge in [-0.3, -0.25) is 9.79 Å². The maximum atomic E-state index is 11.5. The summed E-state index contributed by atoms with van der Waals surface area (Å²) in [5.41, 5.74) is 2.24. The quantitative estimate of drug-likeness (QED) is 0.259. The first-order valence-electron chi connectivity index (χ1n) is 7.99. The first kappa shape index (κ1) is 20.5. The van der Waals surface area contributed by atoms with Crippen LogP contribution in [0.1, 0.15) is 24.0 Å². The highest BCUT2D eigenvalue weighted by atomic mass is 127. The zero-order chi connectivity index (χ0) is 16.7. The molecule has 1 aliphatic carbocycles. The minimum atomic E-state index is 0. The molecule has 1 aliphatic rings. The van der Waals surface area contributed by atoms with Crippen molar-refractivity contribution in [1.82, 2.24) is 16.0 Å². The van der Waals surface area contributed by atoms with Crippen LogP contribution < -0.4 is 20.7 Å². The van der Waals surface area contributed by atoms with Crippen LogP contribution in [-0.4, -0.2) is 39.1 Å². The van der Waals surface area contributed by atoms with Crippen molar-refractivity contribution in [3.63, 3.8) is 0 Å². The van der Waals surface area contributed by atoms with Crippen LogP contribution in [0.3, 0.4) is 0 Å². The van der Waals surface area contributed by atoms with Crippen LogP contribution in [0.25, 0.3) is 0 Å². The van der Waals surface area contributed by atoms with Crippen molar-refractivity contribution in [2.24, 2.45) is 10.9 Å². The molecule has 0 saturated heterocycles. The Morgan fingerprint density at radius 3 is 2.58 bits per heavy atom. The van der Waals surface area contributed by atoms with E-state index in [1.165, 1.54) is 5.56 Å². The number of nitrogens with zero attached hydrogens (tertiary/aromatic N) is 1. The van der Waals surface area contributed by atoms with Gasteiger partial charge in [0.25, 0.3) is 0 Å². The van der Waals surface area contributed by atoms with Crippen molar-refractivity contribution >= 4 is 35.8 Å². The Morgan fingerprint density at radius 2 is 1.96 bits per heavy atom. The lowest BCUT2D eigenvalue weighted by Crippen LogP contribution is -2.41. The zero-order valence-corrected chi connectivity index (χ0v) is 16.8. The largest absolute Gasteiger partial charge is 0.496 e. The Bertz CT molecular complexity index is 574. The van der Waals surface area contributed by atoms with Gasteiger partial charge in [0, 0.05) is 38.2 Å². The van der Waals surface area contributed by atoms with Crippen LogP contribution in [0.5, 0.6) is 5.75 Å². The fourth-order valence-electron chi connectivity index (χ4n) is 2.25. The Labute approximate surface area is 160 Å². The summed E-state index contributed by atoms with van der Waals surface area (Å²) in [5, 5.41) is 9.35. The van der Waals surface area contributed by atoms with E-state index in [0.717, 1.165) is 24.2 Å². The number of amides is 1. The van der Waals surface area contributed by atoms with E-state index in [4.69, 9.17) is 4.74 Å². The lowest BCUT2D eigenvalue weighted by Gasteiger charge is -2.14. The van der Waals surface area contributed by atoms with E-state index >= 15 is 0 Å². The molecule has 1 saturated carbocycles. The molecule has 134 valence electrons. The third-order valence-electron chi connectivity index (χ3n) is 3.78. The van der Waals surface area contributed by atoms with Crippen LogP contribution in [0.4, 0.5) is 0 Å². The number of methoxy groups -OCH3 is 1. The number of rotatable bonds is 7. The van der Waals surface area contributed by atoms with Crippen molar-refractivity contribution in [2.45, 2.75) is 26.3 Å². The lowest BCUT2D eigenvalue weighted by molar-refractivity contribution is -0.122. The van der Waals surface area contributed by atoms with Gasteiger partial charge in [-0.25, -0.2) is 0 Å². The van der Waals surface area contributed by atoms with E-state index in [1.807, 2.05) is 19.1 Å². The summed E-state index contributed by atoms with van der Waals surface area (Å²) in [4.78, 5) is 15.7. The second-order valence-corrected chi connectivity index (χ2v) is 5.73. The Kier molecular flexibility index (Phi) is 8.88. The highest BCUT2D eigenvalue weighted by Gasteiger charge is 2.28. The molecule has 0 heterocycles. The third kappa shape index (κ3) is 6.54. The number of ether oxygens (including phenoxy) is 1. The Balaban J connectivity index is 0.00000288. The lowest BCUT2D eigenvalue weighted by atomic mass is 10.1. The molecule has 6 nitrogen and oxygen atoms in total. The van der Waals surface area contributed by atoms with Crippen molar-refractivity contribution in [3.05, 3.63) is 29.3 Å². The van der Waals surface area contributed by atoms with Crippen molar-refractivity contribution in [1.29, 1.82) is 0 Å². The monoisotopic (exact) mass is 446 g/mol. The first-order valence-corrected chi connectivity index (χ1v) is 7.99. The van der Waals surface area contributed by atoms with Crippen molar-refractivity contribution in [2.75, 3.05) is 27.2 Å². The van der Waals surface area contributed by atoms with Gasteiger partial charge in [-0.1, -0.05) is 12.1 Å². The topological polar surface area (TPSA) is 74.8 Å². The standard InChI is InChI=1S/C17H26N4O2.HI/c1-12-4-5-14(15(10-12)23-3)11-21-17(18-2)20-9-8-19-16(22)13-6-7-13;/h4-5,10,13H,6-9,11H2,1-3H3,(H,19,22)(H2,18,20,21);1H. The normalized spacial score (nSPS) is 13.7. The molecule has 0 aromatic heterocycles. The molecule has 1 fully saturated rings. The van der Waals surface area contributed by atoms with Crippen LogP contribution in [-0.2, 0) is 11.3 Å². The maximum absolute atomic E-state index is 11.5. The summed E-state index contributed by atoms with van der Waals surface area (Å²) >= 11 is 0. The molecule has 0 radical (unpaired) electrons. The van der Waals surface area contributed by atoms with Gasteiger partial charge in [-0.2, -0.15) is 0 Å². The molecule has 0 atom stereocenters. The van der Waals surface area contributed by atoms with Crippen LogP contribution in [0, 0.1) is 12.8 Å². The third-order valence-corrected chi connectivity index (χ3v) is 3.78. The molecule has 0 aliphatic heterocycles. The van der Waals surface area contributed by atoms with E-state index < -0.39 is 0 Å². The maximum Gasteiger partial charge on any atom is 0.223 e. The molecule has 0 bridgehead atoms. The number of hydrogen-bond donors (Lipinski definition) is 3. The Morgan fingerprint density at radius 1 is 1.25 bits per heavy atom. The molecule has 3 N–H and O–H groups in total. The van der Waals surface area contributed by atoms with Gasteiger partial charge in [0.1, 0.15) is 5.75 Å². The van der Waals surface area contributed by atoms with E-state index in [-0.39, 0.29) is 35.8 Å². The number of halogens is 1. The van der Waals surface area contributed by atoms with E-state index in [2.05, 4.69) is 27.0 Å². The number of aliphatic imine (C=N–C) groups is 1. The van der Waals surface area contributed by atoms with Gasteiger partial charge in [-0.05, 0) is 31.4 Å². The van der Waals surface area contributed by atoms with Crippen LogP contribution >= 0.6 is 24.0 Å². The average Bonchev–Trinajstić information content (AvgIpc) is 3.39.